The minimum absolute atomic E-state index is 0.00152. The van der Waals surface area contributed by atoms with E-state index in [0.29, 0.717) is 43.8 Å². The standard InChI is InChI=1S/C21H32N4O7S2/c1-10-16-15(11(2)23-34(3,31)32)20(28)25(16)17(21(29)30)18(10)33-13-8-14(22-9-13)19(27)24-6-4-12(26)5-7-24/h10-16,22-23,26H,4-9H2,1-3H3,(H,29,30)/t10-,11-,13+,14+,15-,16-/m1/s1. The summed E-state index contributed by atoms with van der Waals surface area (Å²) in [5.74, 6) is -2.47. The number of β-lactam (4-membered cyclic amide) rings is 1. The van der Waals surface area contributed by atoms with Gasteiger partial charge in [-0.05, 0) is 26.2 Å². The first-order valence-corrected chi connectivity index (χ1v) is 14.3. The Morgan fingerprint density at radius 3 is 2.50 bits per heavy atom. The number of hydrogen-bond donors (Lipinski definition) is 4. The van der Waals surface area contributed by atoms with Gasteiger partial charge in [-0.1, -0.05) is 6.92 Å². The molecule has 0 unspecified atom stereocenters. The average Bonchev–Trinajstić information content (AvgIpc) is 3.29. The molecule has 3 saturated heterocycles. The SMILES string of the molecule is C[C@@H](NS(C)(=O)=O)[C@H]1C(=O)N2C(C(=O)O)=C(S[C@@H]3CN[C@H](C(=O)N4CCC(O)CC4)C3)[C@H](C)[C@H]12. The molecule has 0 bridgehead atoms. The van der Waals surface area contributed by atoms with Crippen LogP contribution in [0.2, 0.25) is 0 Å². The number of carbonyl (C=O) groups is 3. The zero-order valence-corrected chi connectivity index (χ0v) is 21.1. The molecule has 4 rings (SSSR count). The number of amides is 2. The quantitative estimate of drug-likeness (QED) is 0.316. The number of sulfonamides is 1. The Kier molecular flexibility index (Phi) is 7.04. The second kappa shape index (κ2) is 9.41. The molecule has 34 heavy (non-hydrogen) atoms. The summed E-state index contributed by atoms with van der Waals surface area (Å²) in [6, 6.07) is -1.43. The number of aliphatic carboxylic acids is 1. The summed E-state index contributed by atoms with van der Waals surface area (Å²) in [5, 5.41) is 22.8. The van der Waals surface area contributed by atoms with Gasteiger partial charge in [-0.15, -0.1) is 11.8 Å². The van der Waals surface area contributed by atoms with Crippen molar-refractivity contribution in [1.29, 1.82) is 0 Å². The number of hydrogen-bond acceptors (Lipinski definition) is 8. The first-order chi connectivity index (χ1) is 15.9. The Bertz CT molecular complexity index is 1010. The summed E-state index contributed by atoms with van der Waals surface area (Å²) < 4.78 is 25.8. The summed E-state index contributed by atoms with van der Waals surface area (Å²) in [5.41, 5.74) is -0.0323. The number of carboxylic acid groups (broad SMARTS) is 1. The smallest absolute Gasteiger partial charge is 0.353 e. The lowest BCUT2D eigenvalue weighted by atomic mass is 9.78. The minimum Gasteiger partial charge on any atom is -0.477 e. The van der Waals surface area contributed by atoms with E-state index in [1.807, 2.05) is 6.92 Å². The molecule has 4 aliphatic heterocycles. The van der Waals surface area contributed by atoms with Crippen molar-refractivity contribution in [2.45, 2.75) is 62.6 Å². The minimum atomic E-state index is -3.52. The number of nitrogens with zero attached hydrogens (tertiary/aromatic N) is 2. The summed E-state index contributed by atoms with van der Waals surface area (Å²) in [6.07, 6.45) is 2.35. The third-order valence-corrected chi connectivity index (χ3v) is 9.50. The van der Waals surface area contributed by atoms with E-state index in [4.69, 9.17) is 0 Å². The highest BCUT2D eigenvalue weighted by Crippen LogP contribution is 2.51. The van der Waals surface area contributed by atoms with Gasteiger partial charge in [0.25, 0.3) is 0 Å². The molecule has 190 valence electrons. The molecular formula is C21H32N4O7S2. The van der Waals surface area contributed by atoms with Crippen LogP contribution in [-0.4, -0.2) is 102 Å². The summed E-state index contributed by atoms with van der Waals surface area (Å²) in [7, 11) is -3.52. The molecule has 0 aromatic heterocycles. The number of fused-ring (bicyclic) bond motifs is 1. The van der Waals surface area contributed by atoms with Crippen LogP contribution in [0.1, 0.15) is 33.1 Å². The van der Waals surface area contributed by atoms with Crippen molar-refractivity contribution in [2.24, 2.45) is 11.8 Å². The molecule has 13 heteroatoms. The first kappa shape index (κ1) is 25.4. The van der Waals surface area contributed by atoms with E-state index in [1.54, 1.807) is 11.8 Å². The molecule has 0 aromatic carbocycles. The van der Waals surface area contributed by atoms with Crippen LogP contribution < -0.4 is 10.0 Å². The van der Waals surface area contributed by atoms with Crippen molar-refractivity contribution in [2.75, 3.05) is 25.9 Å². The highest BCUT2D eigenvalue weighted by Gasteiger charge is 2.60. The maximum atomic E-state index is 12.9. The van der Waals surface area contributed by atoms with Crippen molar-refractivity contribution < 1.29 is 33.0 Å². The molecule has 0 aromatic rings. The van der Waals surface area contributed by atoms with Gasteiger partial charge in [-0.3, -0.25) is 9.59 Å². The van der Waals surface area contributed by atoms with Crippen LogP contribution in [0.5, 0.6) is 0 Å². The number of aliphatic hydroxyl groups excluding tert-OH is 1. The molecule has 4 aliphatic rings. The number of likely N-dealkylation sites (tertiary alicyclic amines) is 1. The van der Waals surface area contributed by atoms with E-state index in [2.05, 4.69) is 10.0 Å². The molecule has 4 N–H and O–H groups in total. The highest BCUT2D eigenvalue weighted by molar-refractivity contribution is 8.03. The van der Waals surface area contributed by atoms with Gasteiger partial charge in [0.05, 0.1) is 30.4 Å². The van der Waals surface area contributed by atoms with Crippen LogP contribution in [0.25, 0.3) is 0 Å². The number of aliphatic hydroxyl groups is 1. The molecule has 0 saturated carbocycles. The summed E-state index contributed by atoms with van der Waals surface area (Å²) >= 11 is 1.40. The highest BCUT2D eigenvalue weighted by atomic mass is 32.2. The molecule has 0 aliphatic carbocycles. The normalized spacial score (nSPS) is 33.2. The zero-order valence-electron chi connectivity index (χ0n) is 19.4. The van der Waals surface area contributed by atoms with Crippen LogP contribution in [0.15, 0.2) is 10.6 Å². The lowest BCUT2D eigenvalue weighted by Gasteiger charge is -2.47. The van der Waals surface area contributed by atoms with Crippen LogP contribution in [0, 0.1) is 11.8 Å². The third-order valence-electron chi connectivity index (χ3n) is 7.19. The molecule has 3 fully saturated rings. The van der Waals surface area contributed by atoms with E-state index in [9.17, 15) is 33.0 Å². The van der Waals surface area contributed by atoms with Gasteiger partial charge in [-0.25, -0.2) is 17.9 Å². The number of piperidine rings is 1. The average molecular weight is 517 g/mol. The number of nitrogens with one attached hydrogen (secondary N) is 2. The van der Waals surface area contributed by atoms with Gasteiger partial charge in [-0.2, -0.15) is 0 Å². The van der Waals surface area contributed by atoms with Gasteiger partial charge < -0.3 is 25.3 Å². The third kappa shape index (κ3) is 4.72. The lowest BCUT2D eigenvalue weighted by molar-refractivity contribution is -0.157. The van der Waals surface area contributed by atoms with E-state index in [1.165, 1.54) is 16.7 Å². The molecule has 11 nitrogen and oxygen atoms in total. The van der Waals surface area contributed by atoms with E-state index >= 15 is 0 Å². The fourth-order valence-corrected chi connectivity index (χ4v) is 7.88. The Labute approximate surface area is 203 Å². The maximum absolute atomic E-state index is 12.9. The maximum Gasteiger partial charge on any atom is 0.353 e. The van der Waals surface area contributed by atoms with Gasteiger partial charge in [0.1, 0.15) is 5.70 Å². The number of thioether (sulfide) groups is 1. The Hall–Kier alpha value is -1.67. The molecule has 6 atom stereocenters. The van der Waals surface area contributed by atoms with Crippen molar-refractivity contribution in [3.63, 3.8) is 0 Å². The van der Waals surface area contributed by atoms with Crippen molar-refractivity contribution in [1.82, 2.24) is 19.8 Å². The first-order valence-electron chi connectivity index (χ1n) is 11.5. The van der Waals surface area contributed by atoms with Crippen LogP contribution in [0.3, 0.4) is 0 Å². The monoisotopic (exact) mass is 516 g/mol. The Morgan fingerprint density at radius 2 is 1.91 bits per heavy atom. The second-order valence-corrected chi connectivity index (χ2v) is 12.8. The van der Waals surface area contributed by atoms with Gasteiger partial charge in [0.15, 0.2) is 0 Å². The van der Waals surface area contributed by atoms with Crippen molar-refractivity contribution in [3.05, 3.63) is 10.6 Å². The topological polar surface area (TPSA) is 156 Å². The van der Waals surface area contributed by atoms with E-state index in [-0.39, 0.29) is 34.9 Å². The van der Waals surface area contributed by atoms with Crippen molar-refractivity contribution in [3.8, 4) is 0 Å². The Balaban J connectivity index is 1.44. The molecule has 4 heterocycles. The van der Waals surface area contributed by atoms with Gasteiger partial charge >= 0.3 is 5.97 Å². The van der Waals surface area contributed by atoms with Crippen LogP contribution >= 0.6 is 11.8 Å². The zero-order chi connectivity index (χ0) is 24.9. The largest absolute Gasteiger partial charge is 0.477 e. The summed E-state index contributed by atoms with van der Waals surface area (Å²) in [6.45, 7) is 5.08. The van der Waals surface area contributed by atoms with Gasteiger partial charge in [0, 0.05) is 41.7 Å². The van der Waals surface area contributed by atoms with E-state index in [0.717, 1.165) is 6.26 Å². The van der Waals surface area contributed by atoms with Crippen LogP contribution in [-0.2, 0) is 24.4 Å². The Morgan fingerprint density at radius 1 is 1.26 bits per heavy atom. The number of rotatable bonds is 7. The molecule has 0 radical (unpaired) electrons. The summed E-state index contributed by atoms with van der Waals surface area (Å²) in [4.78, 5) is 41.5. The molecule has 2 amide bonds. The second-order valence-electron chi connectivity index (χ2n) is 9.70. The van der Waals surface area contributed by atoms with E-state index < -0.39 is 39.9 Å². The molecular weight excluding hydrogens is 484 g/mol. The van der Waals surface area contributed by atoms with Gasteiger partial charge in [0.2, 0.25) is 21.8 Å². The predicted molar refractivity (Wildman–Crippen MR) is 125 cm³/mol. The fraction of sp³-hybridized carbons (Fsp3) is 0.762. The van der Waals surface area contributed by atoms with Crippen LogP contribution in [0.4, 0.5) is 0 Å². The number of carbonyl (C=O) groups excluding carboxylic acids is 2. The van der Waals surface area contributed by atoms with Crippen molar-refractivity contribution >= 4 is 39.6 Å². The molecule has 0 spiro atoms. The lowest BCUT2D eigenvalue weighted by Crippen LogP contribution is -2.66. The predicted octanol–water partition coefficient (Wildman–Crippen LogP) is -0.856. The fourth-order valence-electron chi connectivity index (χ4n) is 5.57. The number of carboxylic acids is 1.